The Bertz CT molecular complexity index is 883. The maximum atomic E-state index is 12.5. The van der Waals surface area contributed by atoms with Gasteiger partial charge in [-0.2, -0.15) is 0 Å². The summed E-state index contributed by atoms with van der Waals surface area (Å²) >= 11 is 14.3. The van der Waals surface area contributed by atoms with Crippen LogP contribution in [0.25, 0.3) is 0 Å². The molecule has 0 saturated carbocycles. The molecule has 0 aliphatic carbocycles. The van der Waals surface area contributed by atoms with E-state index in [1.165, 1.54) is 18.5 Å². The number of likely N-dealkylation sites (N-methyl/N-ethyl adjacent to an activating group) is 1. The van der Waals surface area contributed by atoms with Gasteiger partial charge in [-0.05, 0) is 7.05 Å². The lowest BCUT2D eigenvalue weighted by Gasteiger charge is -2.32. The van der Waals surface area contributed by atoms with E-state index in [-0.39, 0.29) is 16.5 Å². The number of carbonyl (C=O) groups excluding carboxylic acids is 1. The molecule has 3 rings (SSSR count). The van der Waals surface area contributed by atoms with Crippen LogP contribution >= 0.6 is 46.3 Å². The Labute approximate surface area is 186 Å². The van der Waals surface area contributed by atoms with Gasteiger partial charge in [0.1, 0.15) is 9.09 Å². The number of hydrogen-bond acceptors (Lipinski definition) is 8. The highest BCUT2D eigenvalue weighted by molar-refractivity contribution is 8.01. The maximum Gasteiger partial charge on any atom is 0.294 e. The summed E-state index contributed by atoms with van der Waals surface area (Å²) in [7, 11) is 2.09. The number of carbonyl (C=O) groups is 1. The van der Waals surface area contributed by atoms with Gasteiger partial charge in [0.05, 0.1) is 19.9 Å². The zero-order valence-corrected chi connectivity index (χ0v) is 18.7. The minimum Gasteiger partial charge on any atom is -0.350 e. The van der Waals surface area contributed by atoms with E-state index in [4.69, 9.17) is 23.2 Å². The lowest BCUT2D eigenvalue weighted by molar-refractivity contribution is -0.387. The van der Waals surface area contributed by atoms with Crippen molar-refractivity contribution in [3.05, 3.63) is 43.5 Å². The van der Waals surface area contributed by atoms with E-state index in [0.29, 0.717) is 25.7 Å². The first-order chi connectivity index (χ1) is 13.8. The van der Waals surface area contributed by atoms with Gasteiger partial charge >= 0.3 is 0 Å². The van der Waals surface area contributed by atoms with Gasteiger partial charge in [0.15, 0.2) is 0 Å². The molecule has 1 aliphatic heterocycles. The summed E-state index contributed by atoms with van der Waals surface area (Å²) in [6.07, 6.45) is 2.84. The third-order valence-corrected chi connectivity index (χ3v) is 7.67. The Kier molecular flexibility index (Phi) is 7.72. The fourth-order valence-corrected chi connectivity index (χ4v) is 5.53. The number of halogens is 2. The van der Waals surface area contributed by atoms with E-state index in [0.717, 1.165) is 55.8 Å². The van der Waals surface area contributed by atoms with Gasteiger partial charge in [0.2, 0.25) is 0 Å². The summed E-state index contributed by atoms with van der Waals surface area (Å²) in [6.45, 7) is 5.17. The molecule has 1 aliphatic rings. The van der Waals surface area contributed by atoms with Crippen LogP contribution in [0.2, 0.25) is 10.0 Å². The minimum absolute atomic E-state index is 0.145. The van der Waals surface area contributed by atoms with Crippen molar-refractivity contribution in [1.82, 2.24) is 20.1 Å². The van der Waals surface area contributed by atoms with Gasteiger partial charge in [0.25, 0.3) is 11.6 Å². The molecule has 29 heavy (non-hydrogen) atoms. The Morgan fingerprint density at radius 3 is 2.59 bits per heavy atom. The molecule has 156 valence electrons. The number of nitrogens with zero attached hydrogens (tertiary/aromatic N) is 4. The van der Waals surface area contributed by atoms with Gasteiger partial charge < -0.3 is 10.2 Å². The van der Waals surface area contributed by atoms with Crippen LogP contribution < -0.4 is 5.32 Å². The third kappa shape index (κ3) is 5.80. The zero-order valence-electron chi connectivity index (χ0n) is 15.6. The van der Waals surface area contributed by atoms with Crippen molar-refractivity contribution in [1.29, 1.82) is 0 Å². The summed E-state index contributed by atoms with van der Waals surface area (Å²) in [4.78, 5) is 32.6. The van der Waals surface area contributed by atoms with Crippen molar-refractivity contribution in [2.24, 2.45) is 0 Å². The monoisotopic (exact) mass is 475 g/mol. The molecule has 1 saturated heterocycles. The number of aromatic nitrogens is 1. The molecule has 1 amide bonds. The number of amides is 1. The summed E-state index contributed by atoms with van der Waals surface area (Å²) < 4.78 is 0.342. The van der Waals surface area contributed by atoms with Gasteiger partial charge in [-0.1, -0.05) is 35.0 Å². The number of nitrogens with one attached hydrogen (secondary N) is 1. The highest BCUT2D eigenvalue weighted by Crippen LogP contribution is 2.45. The van der Waals surface area contributed by atoms with Crippen LogP contribution in [0.3, 0.4) is 0 Å². The molecule has 3 heterocycles. The van der Waals surface area contributed by atoms with Crippen molar-refractivity contribution >= 4 is 57.9 Å². The van der Waals surface area contributed by atoms with Crippen LogP contribution in [-0.4, -0.2) is 71.9 Å². The molecule has 0 aromatic carbocycles. The van der Waals surface area contributed by atoms with Crippen LogP contribution in [0.15, 0.2) is 27.6 Å². The predicted octanol–water partition coefficient (Wildman–Crippen LogP) is 3.49. The van der Waals surface area contributed by atoms with E-state index in [1.807, 2.05) is 0 Å². The molecule has 0 atom stereocenters. The van der Waals surface area contributed by atoms with Crippen LogP contribution in [0.4, 0.5) is 5.69 Å². The number of piperazine rings is 1. The number of nitro groups is 1. The maximum absolute atomic E-state index is 12.5. The van der Waals surface area contributed by atoms with E-state index in [1.54, 1.807) is 0 Å². The van der Waals surface area contributed by atoms with Crippen molar-refractivity contribution in [2.75, 3.05) is 46.3 Å². The first kappa shape index (κ1) is 22.3. The number of hydrogen-bond donors (Lipinski definition) is 1. The molecular weight excluding hydrogens is 457 g/mol. The average molecular weight is 476 g/mol. The van der Waals surface area contributed by atoms with E-state index < -0.39 is 4.92 Å². The fourth-order valence-electron chi connectivity index (χ4n) is 2.75. The predicted molar refractivity (Wildman–Crippen MR) is 116 cm³/mol. The Balaban J connectivity index is 1.66. The molecule has 1 N–H and O–H groups in total. The van der Waals surface area contributed by atoms with Crippen LogP contribution in [0.5, 0.6) is 0 Å². The first-order valence-electron chi connectivity index (χ1n) is 8.79. The quantitative estimate of drug-likeness (QED) is 0.483. The second kappa shape index (κ2) is 10.1. The Morgan fingerprint density at radius 1 is 1.31 bits per heavy atom. The molecule has 0 spiro atoms. The molecule has 0 bridgehead atoms. The van der Waals surface area contributed by atoms with E-state index in [9.17, 15) is 14.9 Å². The van der Waals surface area contributed by atoms with E-state index in [2.05, 4.69) is 27.1 Å². The molecule has 0 radical (unpaired) electrons. The zero-order chi connectivity index (χ0) is 21.0. The lowest BCUT2D eigenvalue weighted by Crippen LogP contribution is -2.46. The second-order valence-corrected chi connectivity index (χ2v) is 9.62. The smallest absolute Gasteiger partial charge is 0.294 e. The molecular formula is C17H19Cl2N5O3S2. The van der Waals surface area contributed by atoms with Crippen molar-refractivity contribution in [3.63, 3.8) is 0 Å². The molecule has 12 heteroatoms. The van der Waals surface area contributed by atoms with Crippen molar-refractivity contribution in [3.8, 4) is 0 Å². The summed E-state index contributed by atoms with van der Waals surface area (Å²) in [5.74, 6) is -0.328. The molecule has 2 aromatic heterocycles. The van der Waals surface area contributed by atoms with E-state index >= 15 is 0 Å². The summed E-state index contributed by atoms with van der Waals surface area (Å²) in [5.41, 5.74) is -0.145. The Hall–Kier alpha value is -1.43. The van der Waals surface area contributed by atoms with Crippen LogP contribution in [0, 0.1) is 10.1 Å². The average Bonchev–Trinajstić information content (AvgIpc) is 3.11. The minimum atomic E-state index is -0.511. The molecule has 0 unspecified atom stereocenters. The van der Waals surface area contributed by atoms with Gasteiger partial charge in [-0.3, -0.25) is 24.8 Å². The summed E-state index contributed by atoms with van der Waals surface area (Å²) in [5, 5.41) is 14.9. The number of pyridine rings is 1. The third-order valence-electron chi connectivity index (χ3n) is 4.41. The van der Waals surface area contributed by atoms with Crippen LogP contribution in [-0.2, 0) is 0 Å². The first-order valence-corrected chi connectivity index (χ1v) is 11.2. The van der Waals surface area contributed by atoms with Crippen molar-refractivity contribution in [2.45, 2.75) is 9.10 Å². The Morgan fingerprint density at radius 2 is 1.97 bits per heavy atom. The molecule has 2 aromatic rings. The highest BCUT2D eigenvalue weighted by atomic mass is 35.5. The topological polar surface area (TPSA) is 91.6 Å². The normalized spacial score (nSPS) is 15.4. The summed E-state index contributed by atoms with van der Waals surface area (Å²) in [6, 6.07) is 1.29. The fraction of sp³-hybridized carbons (Fsp3) is 0.412. The second-order valence-electron chi connectivity index (χ2n) is 6.48. The highest BCUT2D eigenvalue weighted by Gasteiger charge is 2.25. The molecule has 1 fully saturated rings. The van der Waals surface area contributed by atoms with Crippen molar-refractivity contribution < 1.29 is 9.72 Å². The van der Waals surface area contributed by atoms with Gasteiger partial charge in [-0.15, -0.1) is 11.3 Å². The lowest BCUT2D eigenvalue weighted by atomic mass is 10.3. The largest absolute Gasteiger partial charge is 0.350 e. The number of thiophene rings is 1. The standard InChI is InChI=1S/C17H19Cl2N5O3S2/c1-22-4-6-23(7-5-22)3-2-21-16(25)14-8-13(24(26)27)17(28-14)29-15-11(18)9-20-10-12(15)19/h8-10H,2-7H2,1H3,(H,21,25). The van der Waals surface area contributed by atoms with Crippen LogP contribution in [0.1, 0.15) is 9.67 Å². The molecule has 8 nitrogen and oxygen atoms in total. The SMILES string of the molecule is CN1CCN(CCNC(=O)c2cc([N+](=O)[O-])c(Sc3c(Cl)cncc3Cl)s2)CC1. The number of rotatable bonds is 7. The van der Waals surface area contributed by atoms with Gasteiger partial charge in [0, 0.05) is 57.7 Å². The van der Waals surface area contributed by atoms with Gasteiger partial charge in [-0.25, -0.2) is 0 Å².